The monoisotopic (exact) mass is 264 g/mol. The number of aromatic nitrogens is 2. The molecule has 0 spiro atoms. The Labute approximate surface area is 113 Å². The van der Waals surface area contributed by atoms with E-state index >= 15 is 0 Å². The molecule has 1 aromatic heterocycles. The number of nitrogens with two attached hydrogens (primary N) is 1. The molecule has 0 aliphatic heterocycles. The van der Waals surface area contributed by atoms with Crippen LogP contribution in [0.3, 0.4) is 0 Å². The normalized spacial score (nSPS) is 27.8. The van der Waals surface area contributed by atoms with Crippen LogP contribution < -0.4 is 11.1 Å². The van der Waals surface area contributed by atoms with Crippen LogP contribution in [0.4, 0.5) is 5.82 Å². The Morgan fingerprint density at radius 1 is 1.33 bits per heavy atom. The molecular formula is C13H20N4S. The van der Waals surface area contributed by atoms with Crippen LogP contribution in [0.1, 0.15) is 38.8 Å². The second kappa shape index (κ2) is 5.61. The molecule has 1 fully saturated rings. The topological polar surface area (TPSA) is 63.8 Å². The number of hydrogen-bond acceptors (Lipinski definition) is 4. The zero-order valence-electron chi connectivity index (χ0n) is 10.9. The summed E-state index contributed by atoms with van der Waals surface area (Å²) in [6.07, 6.45) is 7.01. The van der Waals surface area contributed by atoms with Crippen molar-refractivity contribution >= 4 is 23.0 Å². The number of nitrogens with one attached hydrogen (secondary N) is 1. The van der Waals surface area contributed by atoms with Crippen molar-refractivity contribution in [3.8, 4) is 0 Å². The van der Waals surface area contributed by atoms with Gasteiger partial charge in [-0.25, -0.2) is 9.97 Å². The van der Waals surface area contributed by atoms with Gasteiger partial charge in [-0.15, -0.1) is 0 Å². The highest BCUT2D eigenvalue weighted by Crippen LogP contribution is 2.31. The molecule has 1 aliphatic carbocycles. The highest BCUT2D eigenvalue weighted by Gasteiger charge is 2.27. The molecule has 1 aliphatic rings. The van der Waals surface area contributed by atoms with Gasteiger partial charge in [-0.3, -0.25) is 0 Å². The van der Waals surface area contributed by atoms with Crippen molar-refractivity contribution in [2.45, 2.75) is 39.2 Å². The van der Waals surface area contributed by atoms with Gasteiger partial charge >= 0.3 is 0 Å². The third-order valence-electron chi connectivity index (χ3n) is 3.96. The lowest BCUT2D eigenvalue weighted by Crippen LogP contribution is -2.36. The zero-order valence-corrected chi connectivity index (χ0v) is 11.7. The molecule has 0 amide bonds. The molecule has 0 radical (unpaired) electrons. The Balaban J connectivity index is 2.16. The van der Waals surface area contributed by atoms with Crippen LogP contribution in [-0.4, -0.2) is 21.0 Å². The van der Waals surface area contributed by atoms with Crippen LogP contribution in [0.2, 0.25) is 0 Å². The maximum Gasteiger partial charge on any atom is 0.155 e. The van der Waals surface area contributed by atoms with E-state index < -0.39 is 0 Å². The van der Waals surface area contributed by atoms with Gasteiger partial charge in [0.2, 0.25) is 0 Å². The van der Waals surface area contributed by atoms with Gasteiger partial charge in [-0.05, 0) is 18.3 Å². The average molecular weight is 264 g/mol. The third kappa shape index (κ3) is 2.77. The van der Waals surface area contributed by atoms with Crippen molar-refractivity contribution in [1.82, 2.24) is 9.97 Å². The minimum Gasteiger partial charge on any atom is -0.388 e. The van der Waals surface area contributed by atoms with E-state index in [9.17, 15) is 0 Å². The Kier molecular flexibility index (Phi) is 4.11. The number of nitrogens with zero attached hydrogens (tertiary/aromatic N) is 2. The molecule has 2 rings (SSSR count). The molecule has 4 nitrogen and oxygen atoms in total. The van der Waals surface area contributed by atoms with E-state index in [4.69, 9.17) is 18.0 Å². The molecular weight excluding hydrogens is 244 g/mol. The Morgan fingerprint density at radius 2 is 2.06 bits per heavy atom. The fourth-order valence-corrected chi connectivity index (χ4v) is 2.73. The first-order chi connectivity index (χ1) is 8.59. The largest absolute Gasteiger partial charge is 0.388 e. The minimum atomic E-state index is 0.294. The van der Waals surface area contributed by atoms with Gasteiger partial charge < -0.3 is 11.1 Å². The molecule has 1 heterocycles. The second-order valence-corrected chi connectivity index (χ2v) is 5.58. The van der Waals surface area contributed by atoms with Crippen molar-refractivity contribution in [3.05, 3.63) is 18.1 Å². The lowest BCUT2D eigenvalue weighted by atomic mass is 9.78. The predicted molar refractivity (Wildman–Crippen MR) is 77.5 cm³/mol. The summed E-state index contributed by atoms with van der Waals surface area (Å²) in [4.78, 5) is 8.80. The summed E-state index contributed by atoms with van der Waals surface area (Å²) in [6, 6.07) is 0.429. The lowest BCUT2D eigenvalue weighted by Gasteiger charge is -2.35. The first kappa shape index (κ1) is 13.2. The van der Waals surface area contributed by atoms with Crippen LogP contribution in [0.25, 0.3) is 0 Å². The molecule has 3 N–H and O–H groups in total. The molecule has 1 aromatic rings. The molecule has 98 valence electrons. The predicted octanol–water partition coefficient (Wildman–Crippen LogP) is 2.35. The summed E-state index contributed by atoms with van der Waals surface area (Å²) in [5, 5.41) is 3.47. The summed E-state index contributed by atoms with van der Waals surface area (Å²) in [7, 11) is 0. The van der Waals surface area contributed by atoms with E-state index in [-0.39, 0.29) is 0 Å². The van der Waals surface area contributed by atoms with Crippen molar-refractivity contribution in [1.29, 1.82) is 0 Å². The third-order valence-corrected chi connectivity index (χ3v) is 4.15. The second-order valence-electron chi connectivity index (χ2n) is 5.14. The highest BCUT2D eigenvalue weighted by molar-refractivity contribution is 7.80. The number of rotatable bonds is 3. The zero-order chi connectivity index (χ0) is 13.1. The minimum absolute atomic E-state index is 0.294. The quantitative estimate of drug-likeness (QED) is 0.820. The van der Waals surface area contributed by atoms with Gasteiger partial charge in [0.05, 0.1) is 0 Å². The average Bonchev–Trinajstić information content (AvgIpc) is 2.35. The van der Waals surface area contributed by atoms with Gasteiger partial charge in [-0.1, -0.05) is 38.9 Å². The van der Waals surface area contributed by atoms with Crippen molar-refractivity contribution in [2.24, 2.45) is 17.6 Å². The standard InChI is InChI=1S/C13H20N4S/c1-8-4-3-5-10(9(8)2)17-13-11(12(14)18)15-6-7-16-13/h6-10H,3-5H2,1-2H3,(H2,14,18)(H,16,17). The smallest absolute Gasteiger partial charge is 0.155 e. The van der Waals surface area contributed by atoms with Crippen LogP contribution in [0, 0.1) is 11.8 Å². The molecule has 5 heteroatoms. The Bertz CT molecular complexity index is 435. The van der Waals surface area contributed by atoms with Gasteiger partial charge in [0, 0.05) is 18.4 Å². The molecule has 1 saturated carbocycles. The van der Waals surface area contributed by atoms with Crippen molar-refractivity contribution in [2.75, 3.05) is 5.32 Å². The molecule has 3 atom stereocenters. The summed E-state index contributed by atoms with van der Waals surface area (Å²) < 4.78 is 0. The van der Waals surface area contributed by atoms with E-state index in [1.807, 2.05) is 0 Å². The first-order valence-corrected chi connectivity index (χ1v) is 6.87. The molecule has 3 unspecified atom stereocenters. The van der Waals surface area contributed by atoms with Gasteiger partial charge in [0.15, 0.2) is 5.82 Å². The van der Waals surface area contributed by atoms with Gasteiger partial charge in [-0.2, -0.15) is 0 Å². The highest BCUT2D eigenvalue weighted by atomic mass is 32.1. The van der Waals surface area contributed by atoms with Crippen molar-refractivity contribution in [3.63, 3.8) is 0 Å². The van der Waals surface area contributed by atoms with E-state index in [1.165, 1.54) is 19.3 Å². The molecule has 0 saturated heterocycles. The SMILES string of the molecule is CC1CCCC(Nc2nccnc2C(N)=S)C1C. The van der Waals surface area contributed by atoms with Crippen LogP contribution in [0.5, 0.6) is 0 Å². The fraction of sp³-hybridized carbons (Fsp3) is 0.615. The first-order valence-electron chi connectivity index (χ1n) is 6.47. The summed E-state index contributed by atoms with van der Waals surface area (Å²) in [5.41, 5.74) is 6.27. The summed E-state index contributed by atoms with van der Waals surface area (Å²) >= 11 is 5.01. The fourth-order valence-electron chi connectivity index (χ4n) is 2.59. The number of thiocarbonyl (C=S) groups is 1. The van der Waals surface area contributed by atoms with Gasteiger partial charge in [0.1, 0.15) is 10.7 Å². The Hall–Kier alpha value is -1.23. The summed E-state index contributed by atoms with van der Waals surface area (Å²) in [6.45, 7) is 4.60. The molecule has 0 bridgehead atoms. The Morgan fingerprint density at radius 3 is 2.78 bits per heavy atom. The molecule has 18 heavy (non-hydrogen) atoms. The van der Waals surface area contributed by atoms with E-state index in [0.717, 1.165) is 11.7 Å². The number of hydrogen-bond donors (Lipinski definition) is 2. The van der Waals surface area contributed by atoms with E-state index in [1.54, 1.807) is 12.4 Å². The van der Waals surface area contributed by atoms with Crippen LogP contribution >= 0.6 is 12.2 Å². The maximum atomic E-state index is 5.67. The van der Waals surface area contributed by atoms with Crippen molar-refractivity contribution < 1.29 is 0 Å². The summed E-state index contributed by atoms with van der Waals surface area (Å²) in [5.74, 6) is 2.08. The van der Waals surface area contributed by atoms with E-state index in [0.29, 0.717) is 22.6 Å². The lowest BCUT2D eigenvalue weighted by molar-refractivity contribution is 0.253. The van der Waals surface area contributed by atoms with Crippen LogP contribution in [-0.2, 0) is 0 Å². The van der Waals surface area contributed by atoms with Gasteiger partial charge in [0.25, 0.3) is 0 Å². The van der Waals surface area contributed by atoms with E-state index in [2.05, 4.69) is 29.1 Å². The maximum absolute atomic E-state index is 5.67. The van der Waals surface area contributed by atoms with Crippen LogP contribution in [0.15, 0.2) is 12.4 Å². The molecule has 0 aromatic carbocycles. The number of anilines is 1.